The van der Waals surface area contributed by atoms with Crippen molar-refractivity contribution in [3.05, 3.63) is 0 Å². The molecule has 2 aliphatic carbocycles. The number of carbonyl (C=O) groups excluding carboxylic acids is 2. The van der Waals surface area contributed by atoms with Gasteiger partial charge in [0.05, 0.1) is 0 Å². The Morgan fingerprint density at radius 3 is 2.81 bits per heavy atom. The molecule has 0 unspecified atom stereocenters. The van der Waals surface area contributed by atoms with E-state index in [1.807, 2.05) is 0 Å². The van der Waals surface area contributed by atoms with Gasteiger partial charge in [0.2, 0.25) is 0 Å². The van der Waals surface area contributed by atoms with Crippen molar-refractivity contribution in [2.24, 2.45) is 11.3 Å². The van der Waals surface area contributed by atoms with Gasteiger partial charge in [-0.1, -0.05) is 6.92 Å². The van der Waals surface area contributed by atoms with E-state index < -0.39 is 0 Å². The molecule has 2 aliphatic rings. The smallest absolute Gasteiger partial charge is 0.302 e. The van der Waals surface area contributed by atoms with Crippen LogP contribution in [0.5, 0.6) is 0 Å². The Bertz CT molecular complexity index is 310. The summed E-state index contributed by atoms with van der Waals surface area (Å²) in [6.45, 7) is 3.52. The van der Waals surface area contributed by atoms with Gasteiger partial charge in [0, 0.05) is 24.7 Å². The molecule has 0 amide bonds. The fourth-order valence-electron chi connectivity index (χ4n) is 3.44. The van der Waals surface area contributed by atoms with Crippen molar-refractivity contribution in [3.8, 4) is 0 Å². The zero-order chi connectivity index (χ0) is 11.8. The molecule has 3 heteroatoms. The first-order chi connectivity index (χ1) is 7.54. The number of esters is 1. The molecular formula is C13H20O3. The molecule has 0 aromatic carbocycles. The summed E-state index contributed by atoms with van der Waals surface area (Å²) >= 11 is 0. The summed E-state index contributed by atoms with van der Waals surface area (Å²) in [5.41, 5.74) is -0.226. The number of Topliss-reactive ketones (excluding diaryl/α,β-unsaturated/α-hetero) is 1. The summed E-state index contributed by atoms with van der Waals surface area (Å²) in [6, 6.07) is 0. The summed E-state index contributed by atoms with van der Waals surface area (Å²) < 4.78 is 5.38. The predicted molar refractivity (Wildman–Crippen MR) is 59.9 cm³/mol. The molecule has 2 fully saturated rings. The molecule has 16 heavy (non-hydrogen) atoms. The molecule has 0 spiro atoms. The van der Waals surface area contributed by atoms with Crippen LogP contribution in [0.2, 0.25) is 0 Å². The lowest BCUT2D eigenvalue weighted by Crippen LogP contribution is -2.49. The lowest BCUT2D eigenvalue weighted by atomic mass is 9.59. The Hall–Kier alpha value is -0.860. The molecule has 0 aromatic heterocycles. The van der Waals surface area contributed by atoms with Crippen LogP contribution in [0.25, 0.3) is 0 Å². The van der Waals surface area contributed by atoms with Crippen LogP contribution >= 0.6 is 0 Å². The third-order valence-electron chi connectivity index (χ3n) is 4.33. The third kappa shape index (κ3) is 1.87. The standard InChI is InChI=1S/C13H20O3/c1-9(14)16-11-6-4-8-13(2)10(11)5-3-7-12(13)15/h10-11H,3-8H2,1-2H3/t10-,11-,13-/m0/s1. The van der Waals surface area contributed by atoms with Crippen molar-refractivity contribution < 1.29 is 14.3 Å². The van der Waals surface area contributed by atoms with E-state index in [0.29, 0.717) is 12.2 Å². The maximum Gasteiger partial charge on any atom is 0.302 e. The van der Waals surface area contributed by atoms with Gasteiger partial charge in [-0.15, -0.1) is 0 Å². The van der Waals surface area contributed by atoms with E-state index in [1.54, 1.807) is 0 Å². The van der Waals surface area contributed by atoms with Crippen LogP contribution in [0, 0.1) is 11.3 Å². The second-order valence-electron chi connectivity index (χ2n) is 5.38. The number of hydrogen-bond acceptors (Lipinski definition) is 3. The van der Waals surface area contributed by atoms with Crippen molar-refractivity contribution in [2.75, 3.05) is 0 Å². The van der Waals surface area contributed by atoms with Crippen LogP contribution in [-0.2, 0) is 14.3 Å². The molecule has 0 bridgehead atoms. The van der Waals surface area contributed by atoms with Gasteiger partial charge in [-0.2, -0.15) is 0 Å². The fraction of sp³-hybridized carbons (Fsp3) is 0.846. The molecule has 0 saturated heterocycles. The lowest BCUT2D eigenvalue weighted by Gasteiger charge is -2.47. The van der Waals surface area contributed by atoms with Gasteiger partial charge in [-0.3, -0.25) is 9.59 Å². The molecule has 0 N–H and O–H groups in total. The monoisotopic (exact) mass is 224 g/mol. The largest absolute Gasteiger partial charge is 0.462 e. The van der Waals surface area contributed by atoms with Crippen LogP contribution in [-0.4, -0.2) is 17.9 Å². The highest BCUT2D eigenvalue weighted by Crippen LogP contribution is 2.49. The number of ketones is 1. The van der Waals surface area contributed by atoms with E-state index in [4.69, 9.17) is 4.74 Å². The molecule has 3 atom stereocenters. The van der Waals surface area contributed by atoms with Gasteiger partial charge < -0.3 is 4.74 Å². The molecular weight excluding hydrogens is 204 g/mol. The maximum atomic E-state index is 12.0. The van der Waals surface area contributed by atoms with Gasteiger partial charge in [-0.05, 0) is 32.1 Å². The zero-order valence-corrected chi connectivity index (χ0v) is 10.1. The van der Waals surface area contributed by atoms with Crippen LogP contribution in [0.3, 0.4) is 0 Å². The Morgan fingerprint density at radius 2 is 2.12 bits per heavy atom. The molecule has 0 heterocycles. The highest BCUT2D eigenvalue weighted by Gasteiger charge is 2.49. The van der Waals surface area contributed by atoms with Gasteiger partial charge in [0.15, 0.2) is 0 Å². The molecule has 0 radical (unpaired) electrons. The number of carbonyl (C=O) groups is 2. The Kier molecular flexibility index (Phi) is 3.04. The minimum atomic E-state index is -0.226. The highest BCUT2D eigenvalue weighted by atomic mass is 16.5. The molecule has 2 saturated carbocycles. The maximum absolute atomic E-state index is 12.0. The summed E-state index contributed by atoms with van der Waals surface area (Å²) in [5.74, 6) is 0.416. The van der Waals surface area contributed by atoms with Gasteiger partial charge in [-0.25, -0.2) is 0 Å². The summed E-state index contributed by atoms with van der Waals surface area (Å²) in [5, 5.41) is 0. The summed E-state index contributed by atoms with van der Waals surface area (Å²) in [7, 11) is 0. The average molecular weight is 224 g/mol. The lowest BCUT2D eigenvalue weighted by molar-refractivity contribution is -0.163. The van der Waals surface area contributed by atoms with Crippen molar-refractivity contribution in [2.45, 2.75) is 58.5 Å². The fourth-order valence-corrected chi connectivity index (χ4v) is 3.44. The second kappa shape index (κ2) is 4.19. The zero-order valence-electron chi connectivity index (χ0n) is 10.1. The van der Waals surface area contributed by atoms with Gasteiger partial charge >= 0.3 is 5.97 Å². The van der Waals surface area contributed by atoms with E-state index in [0.717, 1.165) is 32.1 Å². The van der Waals surface area contributed by atoms with E-state index in [9.17, 15) is 9.59 Å². The molecule has 3 nitrogen and oxygen atoms in total. The number of hydrogen-bond donors (Lipinski definition) is 0. The first kappa shape index (κ1) is 11.6. The van der Waals surface area contributed by atoms with Crippen LogP contribution in [0.4, 0.5) is 0 Å². The quantitative estimate of drug-likeness (QED) is 0.643. The molecule has 90 valence electrons. The second-order valence-corrected chi connectivity index (χ2v) is 5.38. The van der Waals surface area contributed by atoms with Crippen molar-refractivity contribution in [3.63, 3.8) is 0 Å². The first-order valence-corrected chi connectivity index (χ1v) is 6.24. The first-order valence-electron chi connectivity index (χ1n) is 6.24. The van der Waals surface area contributed by atoms with Gasteiger partial charge in [0.25, 0.3) is 0 Å². The van der Waals surface area contributed by atoms with E-state index >= 15 is 0 Å². The molecule has 2 rings (SSSR count). The summed E-state index contributed by atoms with van der Waals surface area (Å²) in [4.78, 5) is 23.1. The van der Waals surface area contributed by atoms with Gasteiger partial charge in [0.1, 0.15) is 11.9 Å². The molecule has 0 aromatic rings. The van der Waals surface area contributed by atoms with Crippen LogP contribution in [0.1, 0.15) is 52.4 Å². The van der Waals surface area contributed by atoms with E-state index in [1.165, 1.54) is 6.92 Å². The number of fused-ring (bicyclic) bond motifs is 1. The molecule has 0 aliphatic heterocycles. The summed E-state index contributed by atoms with van der Waals surface area (Å²) in [6.07, 6.45) is 5.55. The van der Waals surface area contributed by atoms with Crippen LogP contribution < -0.4 is 0 Å². The van der Waals surface area contributed by atoms with Crippen molar-refractivity contribution in [1.82, 2.24) is 0 Å². The number of ether oxygens (including phenoxy) is 1. The topological polar surface area (TPSA) is 43.4 Å². The minimum Gasteiger partial charge on any atom is -0.462 e. The minimum absolute atomic E-state index is 0.0273. The average Bonchev–Trinajstić information content (AvgIpc) is 2.20. The van der Waals surface area contributed by atoms with E-state index in [-0.39, 0.29) is 23.4 Å². The Morgan fingerprint density at radius 1 is 1.38 bits per heavy atom. The predicted octanol–water partition coefficient (Wildman–Crippen LogP) is 2.48. The highest BCUT2D eigenvalue weighted by molar-refractivity contribution is 5.85. The van der Waals surface area contributed by atoms with Crippen molar-refractivity contribution in [1.29, 1.82) is 0 Å². The normalized spacial score (nSPS) is 39.0. The SMILES string of the molecule is CC(=O)O[C@H]1CCC[C@]2(C)C(=O)CCC[C@@H]12. The van der Waals surface area contributed by atoms with E-state index in [2.05, 4.69) is 6.92 Å². The van der Waals surface area contributed by atoms with Crippen molar-refractivity contribution >= 4 is 11.8 Å². The Balaban J connectivity index is 2.18. The number of rotatable bonds is 1. The Labute approximate surface area is 96.5 Å². The van der Waals surface area contributed by atoms with Crippen LogP contribution in [0.15, 0.2) is 0 Å². The third-order valence-corrected chi connectivity index (χ3v) is 4.33.